The fraction of sp³-hybridized carbons (Fsp3) is 0.100. The van der Waals surface area contributed by atoms with Gasteiger partial charge in [0.05, 0.1) is 12.1 Å². The number of nitrogens with one attached hydrogen (secondary N) is 2. The standard InChI is InChI=1S/C20H16N2O3/c23-19(10-13-5-6-14-3-1-2-4-15(14)9-13)21-16-7-8-18-17(11-16)22-20(24)12-25-18/h1-9,11H,10,12H2,(H,21,23)(H,22,24). The number of hydrogen-bond donors (Lipinski definition) is 2. The lowest BCUT2D eigenvalue weighted by molar-refractivity contribution is -0.118. The third-order valence-corrected chi connectivity index (χ3v) is 4.07. The van der Waals surface area contributed by atoms with Gasteiger partial charge in [0.1, 0.15) is 5.75 Å². The minimum Gasteiger partial charge on any atom is -0.482 e. The van der Waals surface area contributed by atoms with Crippen LogP contribution in [0.3, 0.4) is 0 Å². The Labute approximate surface area is 144 Å². The number of carbonyl (C=O) groups excluding carboxylic acids is 2. The number of ether oxygens (including phenoxy) is 1. The van der Waals surface area contributed by atoms with E-state index in [9.17, 15) is 9.59 Å². The first kappa shape index (κ1) is 15.2. The zero-order valence-electron chi connectivity index (χ0n) is 13.4. The fourth-order valence-corrected chi connectivity index (χ4v) is 2.90. The van der Waals surface area contributed by atoms with Crippen LogP contribution in [0, 0.1) is 0 Å². The fourth-order valence-electron chi connectivity index (χ4n) is 2.90. The van der Waals surface area contributed by atoms with Crippen LogP contribution in [-0.4, -0.2) is 18.4 Å². The van der Waals surface area contributed by atoms with Gasteiger partial charge in [-0.1, -0.05) is 42.5 Å². The summed E-state index contributed by atoms with van der Waals surface area (Å²) >= 11 is 0. The van der Waals surface area contributed by atoms with Gasteiger partial charge >= 0.3 is 0 Å². The highest BCUT2D eigenvalue weighted by Crippen LogP contribution is 2.30. The molecular formula is C20H16N2O3. The number of fused-ring (bicyclic) bond motifs is 2. The molecule has 3 aromatic carbocycles. The smallest absolute Gasteiger partial charge is 0.262 e. The van der Waals surface area contributed by atoms with Crippen molar-refractivity contribution in [3.05, 3.63) is 66.2 Å². The number of benzene rings is 3. The van der Waals surface area contributed by atoms with E-state index < -0.39 is 0 Å². The van der Waals surface area contributed by atoms with Gasteiger partial charge in [-0.25, -0.2) is 0 Å². The van der Waals surface area contributed by atoms with E-state index >= 15 is 0 Å². The summed E-state index contributed by atoms with van der Waals surface area (Å²) in [5, 5.41) is 7.85. The average molecular weight is 332 g/mol. The summed E-state index contributed by atoms with van der Waals surface area (Å²) < 4.78 is 5.31. The minimum atomic E-state index is -0.202. The van der Waals surface area contributed by atoms with E-state index in [1.807, 2.05) is 42.5 Å². The van der Waals surface area contributed by atoms with Crippen LogP contribution in [0.4, 0.5) is 11.4 Å². The van der Waals surface area contributed by atoms with E-state index in [4.69, 9.17) is 4.74 Å². The first-order valence-corrected chi connectivity index (χ1v) is 8.02. The number of rotatable bonds is 3. The zero-order valence-corrected chi connectivity index (χ0v) is 13.4. The molecule has 25 heavy (non-hydrogen) atoms. The highest BCUT2D eigenvalue weighted by Gasteiger charge is 2.16. The quantitative estimate of drug-likeness (QED) is 0.773. The number of amides is 2. The SMILES string of the molecule is O=C(Cc1ccc2ccccc2c1)Nc1ccc2c(c1)NC(=O)CO2. The van der Waals surface area contributed by atoms with Crippen molar-refractivity contribution in [1.29, 1.82) is 0 Å². The number of carbonyl (C=O) groups is 2. The average Bonchev–Trinajstić information content (AvgIpc) is 2.61. The van der Waals surface area contributed by atoms with Crippen molar-refractivity contribution in [2.24, 2.45) is 0 Å². The molecule has 1 aliphatic rings. The second kappa shape index (κ2) is 6.28. The molecule has 5 nitrogen and oxygen atoms in total. The maximum atomic E-state index is 12.3. The van der Waals surface area contributed by atoms with Crippen LogP contribution in [0.1, 0.15) is 5.56 Å². The van der Waals surface area contributed by atoms with Crippen LogP contribution in [-0.2, 0) is 16.0 Å². The summed E-state index contributed by atoms with van der Waals surface area (Å²) in [5.74, 6) is 0.289. The van der Waals surface area contributed by atoms with E-state index in [0.717, 1.165) is 16.3 Å². The molecule has 0 saturated carbocycles. The molecule has 1 heterocycles. The van der Waals surface area contributed by atoms with Crippen molar-refractivity contribution >= 4 is 34.0 Å². The van der Waals surface area contributed by atoms with Gasteiger partial charge in [-0.2, -0.15) is 0 Å². The van der Waals surface area contributed by atoms with Gasteiger partial charge in [0, 0.05) is 5.69 Å². The van der Waals surface area contributed by atoms with E-state index in [2.05, 4.69) is 10.6 Å². The molecule has 124 valence electrons. The van der Waals surface area contributed by atoms with Gasteiger partial charge in [0.15, 0.2) is 6.61 Å². The molecule has 3 aromatic rings. The molecule has 0 atom stereocenters. The number of anilines is 2. The summed E-state index contributed by atoms with van der Waals surface area (Å²) in [6, 6.07) is 19.2. The predicted molar refractivity (Wildman–Crippen MR) is 96.8 cm³/mol. The molecule has 4 rings (SSSR count). The summed E-state index contributed by atoms with van der Waals surface area (Å²) in [7, 11) is 0. The van der Waals surface area contributed by atoms with Gasteiger partial charge in [0.2, 0.25) is 5.91 Å². The largest absolute Gasteiger partial charge is 0.482 e. The lowest BCUT2D eigenvalue weighted by Crippen LogP contribution is -2.25. The predicted octanol–water partition coefficient (Wildman–Crippen LogP) is 3.35. The van der Waals surface area contributed by atoms with E-state index in [1.54, 1.807) is 18.2 Å². The van der Waals surface area contributed by atoms with Crippen molar-refractivity contribution < 1.29 is 14.3 Å². The van der Waals surface area contributed by atoms with Crippen LogP contribution in [0.15, 0.2) is 60.7 Å². The molecule has 0 aliphatic carbocycles. The molecule has 2 amide bonds. The highest BCUT2D eigenvalue weighted by atomic mass is 16.5. The van der Waals surface area contributed by atoms with Gasteiger partial charge in [-0.3, -0.25) is 9.59 Å². The van der Waals surface area contributed by atoms with Crippen LogP contribution in [0.5, 0.6) is 5.75 Å². The van der Waals surface area contributed by atoms with Crippen molar-refractivity contribution in [3.63, 3.8) is 0 Å². The van der Waals surface area contributed by atoms with Crippen LogP contribution in [0.25, 0.3) is 10.8 Å². The maximum Gasteiger partial charge on any atom is 0.262 e. The Morgan fingerprint density at radius 3 is 2.76 bits per heavy atom. The third kappa shape index (κ3) is 3.30. The van der Waals surface area contributed by atoms with Crippen molar-refractivity contribution in [3.8, 4) is 5.75 Å². The van der Waals surface area contributed by atoms with Crippen molar-refractivity contribution in [1.82, 2.24) is 0 Å². The van der Waals surface area contributed by atoms with Gasteiger partial charge in [-0.15, -0.1) is 0 Å². The van der Waals surface area contributed by atoms with Crippen LogP contribution in [0.2, 0.25) is 0 Å². The molecule has 0 bridgehead atoms. The monoisotopic (exact) mass is 332 g/mol. The molecule has 0 radical (unpaired) electrons. The van der Waals surface area contributed by atoms with Gasteiger partial charge < -0.3 is 15.4 Å². The van der Waals surface area contributed by atoms with Crippen molar-refractivity contribution in [2.45, 2.75) is 6.42 Å². The number of hydrogen-bond acceptors (Lipinski definition) is 3. The van der Waals surface area contributed by atoms with Crippen molar-refractivity contribution in [2.75, 3.05) is 17.2 Å². The Hall–Kier alpha value is -3.34. The Morgan fingerprint density at radius 1 is 1.04 bits per heavy atom. The third-order valence-electron chi connectivity index (χ3n) is 4.07. The summed E-state index contributed by atoms with van der Waals surface area (Å²) in [6.07, 6.45) is 0.283. The molecule has 5 heteroatoms. The van der Waals surface area contributed by atoms with Gasteiger partial charge in [-0.05, 0) is 34.5 Å². The summed E-state index contributed by atoms with van der Waals surface area (Å²) in [6.45, 7) is 0.0146. The molecule has 2 N–H and O–H groups in total. The molecule has 0 spiro atoms. The lowest BCUT2D eigenvalue weighted by atomic mass is 10.0. The summed E-state index contributed by atoms with van der Waals surface area (Å²) in [4.78, 5) is 23.7. The molecular weight excluding hydrogens is 316 g/mol. The normalized spacial score (nSPS) is 12.9. The molecule has 1 aliphatic heterocycles. The van der Waals surface area contributed by atoms with Crippen LogP contribution >= 0.6 is 0 Å². The summed E-state index contributed by atoms with van der Waals surface area (Å²) in [5.41, 5.74) is 2.14. The molecule has 0 aromatic heterocycles. The first-order valence-electron chi connectivity index (χ1n) is 8.02. The Bertz CT molecular complexity index is 982. The van der Waals surface area contributed by atoms with E-state index in [1.165, 1.54) is 0 Å². The van der Waals surface area contributed by atoms with Gasteiger partial charge in [0.25, 0.3) is 5.91 Å². The minimum absolute atomic E-state index is 0.0146. The Kier molecular flexibility index (Phi) is 3.82. The molecule has 0 fully saturated rings. The lowest BCUT2D eigenvalue weighted by Gasteiger charge is -2.18. The Balaban J connectivity index is 1.48. The maximum absolute atomic E-state index is 12.3. The van der Waals surface area contributed by atoms with Crippen LogP contribution < -0.4 is 15.4 Å². The zero-order chi connectivity index (χ0) is 17.2. The van der Waals surface area contributed by atoms with E-state index in [-0.39, 0.29) is 24.8 Å². The second-order valence-corrected chi connectivity index (χ2v) is 5.95. The van der Waals surface area contributed by atoms with E-state index in [0.29, 0.717) is 17.1 Å². The highest BCUT2D eigenvalue weighted by molar-refractivity contribution is 5.98. The molecule has 0 saturated heterocycles. The Morgan fingerprint density at radius 2 is 1.88 bits per heavy atom. The first-order chi connectivity index (χ1) is 12.2. The topological polar surface area (TPSA) is 67.4 Å². The molecule has 0 unspecified atom stereocenters. The second-order valence-electron chi connectivity index (χ2n) is 5.95.